The van der Waals surface area contributed by atoms with Crippen LogP contribution in [-0.2, 0) is 27.9 Å². The van der Waals surface area contributed by atoms with Crippen molar-refractivity contribution in [1.82, 2.24) is 29.3 Å². The summed E-state index contributed by atoms with van der Waals surface area (Å²) in [7, 11) is -2.31. The first kappa shape index (κ1) is 33.0. The van der Waals surface area contributed by atoms with Crippen LogP contribution in [0.3, 0.4) is 0 Å². The summed E-state index contributed by atoms with van der Waals surface area (Å²) in [4.78, 5) is 22.0. The Hall–Kier alpha value is -4.88. The minimum absolute atomic E-state index is 0.0517. The van der Waals surface area contributed by atoms with E-state index in [4.69, 9.17) is 9.47 Å². The second-order valence-corrected chi connectivity index (χ2v) is 13.8. The number of amides is 1. The number of aryl methyl sites for hydroxylation is 3. The predicted octanol–water partition coefficient (Wildman–Crippen LogP) is 5.39. The Labute approximate surface area is 280 Å². The van der Waals surface area contributed by atoms with Crippen molar-refractivity contribution in [3.8, 4) is 11.6 Å². The number of hydrogen-bond acceptors (Lipinski definition) is 9. The molecular weight excluding hydrogens is 630 g/mol. The van der Waals surface area contributed by atoms with Gasteiger partial charge in [-0.25, -0.2) is 18.1 Å². The van der Waals surface area contributed by atoms with Gasteiger partial charge in [-0.3, -0.25) is 9.78 Å². The minimum atomic E-state index is -3.91. The molecule has 48 heavy (non-hydrogen) atoms. The zero-order chi connectivity index (χ0) is 34.0. The van der Waals surface area contributed by atoms with Crippen molar-refractivity contribution in [3.05, 3.63) is 94.9 Å². The van der Waals surface area contributed by atoms with Gasteiger partial charge in [0, 0.05) is 37.8 Å². The van der Waals surface area contributed by atoms with Crippen molar-refractivity contribution in [2.75, 3.05) is 19.0 Å². The highest BCUT2D eigenvalue weighted by atomic mass is 32.2. The third-order valence-corrected chi connectivity index (χ3v) is 10.7. The van der Waals surface area contributed by atoms with E-state index in [0.29, 0.717) is 29.9 Å². The quantitative estimate of drug-likeness (QED) is 0.207. The zero-order valence-electron chi connectivity index (χ0n) is 27.7. The lowest BCUT2D eigenvalue weighted by molar-refractivity contribution is -0.116. The highest BCUT2D eigenvalue weighted by Crippen LogP contribution is 2.39. The fourth-order valence-electron chi connectivity index (χ4n) is 6.20. The molecule has 1 aliphatic rings. The van der Waals surface area contributed by atoms with Crippen molar-refractivity contribution >= 4 is 32.7 Å². The van der Waals surface area contributed by atoms with E-state index >= 15 is 0 Å². The number of carbonyl (C=O) groups is 1. The van der Waals surface area contributed by atoms with Crippen LogP contribution < -0.4 is 14.8 Å². The molecule has 1 aliphatic heterocycles. The molecule has 0 saturated heterocycles. The molecule has 12 nitrogen and oxygen atoms in total. The van der Waals surface area contributed by atoms with Crippen LogP contribution in [-0.4, -0.2) is 63.4 Å². The maximum Gasteiger partial charge on any atom is 0.248 e. The topological polar surface area (TPSA) is 141 Å². The van der Waals surface area contributed by atoms with Gasteiger partial charge in [0.15, 0.2) is 0 Å². The van der Waals surface area contributed by atoms with Gasteiger partial charge in [0.1, 0.15) is 27.8 Å². The van der Waals surface area contributed by atoms with Gasteiger partial charge in [-0.15, -0.1) is 5.10 Å². The smallest absolute Gasteiger partial charge is 0.248 e. The third-order valence-electron chi connectivity index (χ3n) is 8.89. The first-order chi connectivity index (χ1) is 23.1. The second kappa shape index (κ2) is 13.7. The summed E-state index contributed by atoms with van der Waals surface area (Å²) in [5, 5.41) is 11.8. The van der Waals surface area contributed by atoms with Gasteiger partial charge < -0.3 is 14.8 Å². The van der Waals surface area contributed by atoms with Crippen LogP contribution in [0.5, 0.6) is 11.6 Å². The lowest BCUT2D eigenvalue weighted by Gasteiger charge is -2.25. The Balaban J connectivity index is 1.43. The summed E-state index contributed by atoms with van der Waals surface area (Å²) in [6.07, 6.45) is 5.13. The molecule has 2 aromatic carbocycles. The molecule has 250 valence electrons. The third kappa shape index (κ3) is 6.35. The lowest BCUT2D eigenvalue weighted by atomic mass is 9.83. The van der Waals surface area contributed by atoms with E-state index in [-0.39, 0.29) is 42.3 Å². The van der Waals surface area contributed by atoms with Gasteiger partial charge in [0.25, 0.3) is 0 Å². The van der Waals surface area contributed by atoms with Crippen LogP contribution in [0.15, 0.2) is 72.0 Å². The Morgan fingerprint density at radius 3 is 2.67 bits per heavy atom. The van der Waals surface area contributed by atoms with E-state index in [1.807, 2.05) is 52.0 Å². The Bertz CT molecular complexity index is 2070. The van der Waals surface area contributed by atoms with Crippen LogP contribution in [0.25, 0.3) is 11.0 Å². The van der Waals surface area contributed by atoms with Crippen LogP contribution in [0, 0.1) is 13.8 Å². The number of aromatic nitrogens is 5. The monoisotopic (exact) mass is 669 g/mol. The molecule has 0 radical (unpaired) electrons. The van der Waals surface area contributed by atoms with Crippen molar-refractivity contribution < 1.29 is 22.7 Å². The SMILES string of the molecule is CC[C@@H]1CN(Cc2cc([C@H](CC(=O)Nc3cccnc3)c3cc(OC)c4c(nnn4CC)c3C)ccc2C)S(=O)(=O)c2cccnc2O1. The molecule has 0 saturated carbocycles. The molecule has 0 bridgehead atoms. The summed E-state index contributed by atoms with van der Waals surface area (Å²) >= 11 is 0. The van der Waals surface area contributed by atoms with Gasteiger partial charge in [-0.2, -0.15) is 4.31 Å². The standard InChI is InChI=1S/C35H39N7O5S/c1-6-27-21-41(48(44,45)31-11-9-15-37-35(31)47-27)20-25-16-24(13-12-22(25)3)29(18-32(43)38-26-10-8-14-36-19-26)28-17-30(46-5)34-33(23(28)4)39-40-42(34)7-2/h8-17,19,27,29H,6-7,18,20-21H2,1-5H3,(H,38,43)/t27-,29+/m1/s1. The molecule has 0 unspecified atom stereocenters. The number of methoxy groups -OCH3 is 1. The fourth-order valence-corrected chi connectivity index (χ4v) is 7.72. The average Bonchev–Trinajstić information content (AvgIpc) is 3.49. The number of pyridine rings is 2. The molecule has 0 aliphatic carbocycles. The van der Waals surface area contributed by atoms with Crippen molar-refractivity contribution in [3.63, 3.8) is 0 Å². The van der Waals surface area contributed by atoms with Crippen molar-refractivity contribution in [2.45, 2.75) is 70.5 Å². The number of hydrogen-bond donors (Lipinski definition) is 1. The van der Waals surface area contributed by atoms with Gasteiger partial charge in [-0.1, -0.05) is 30.3 Å². The number of benzene rings is 2. The Morgan fingerprint density at radius 1 is 1.12 bits per heavy atom. The van der Waals surface area contributed by atoms with E-state index in [9.17, 15) is 13.2 Å². The molecule has 6 rings (SSSR count). The van der Waals surface area contributed by atoms with Crippen LogP contribution in [0.1, 0.15) is 60.4 Å². The number of nitrogens with one attached hydrogen (secondary N) is 1. The molecular formula is C35H39N7O5S. The molecule has 3 aromatic heterocycles. The first-order valence-corrected chi connectivity index (χ1v) is 17.4. The highest BCUT2D eigenvalue weighted by Gasteiger charge is 2.35. The maximum atomic E-state index is 13.9. The van der Waals surface area contributed by atoms with E-state index in [1.54, 1.807) is 42.4 Å². The van der Waals surface area contributed by atoms with E-state index in [0.717, 1.165) is 33.3 Å². The molecule has 4 heterocycles. The van der Waals surface area contributed by atoms with E-state index in [1.165, 1.54) is 16.6 Å². The van der Waals surface area contributed by atoms with Gasteiger partial charge in [0.2, 0.25) is 21.8 Å². The summed E-state index contributed by atoms with van der Waals surface area (Å²) in [5.41, 5.74) is 6.42. The molecule has 5 aromatic rings. The van der Waals surface area contributed by atoms with Crippen LogP contribution in [0.2, 0.25) is 0 Å². The second-order valence-electron chi connectivity index (χ2n) is 11.9. The molecule has 0 fully saturated rings. The number of ether oxygens (including phenoxy) is 2. The fraction of sp³-hybridized carbons (Fsp3) is 0.343. The van der Waals surface area contributed by atoms with Gasteiger partial charge >= 0.3 is 0 Å². The number of rotatable bonds is 10. The zero-order valence-corrected chi connectivity index (χ0v) is 28.5. The summed E-state index contributed by atoms with van der Waals surface area (Å²) < 4.78 is 43.0. The highest BCUT2D eigenvalue weighted by molar-refractivity contribution is 7.89. The van der Waals surface area contributed by atoms with Crippen LogP contribution in [0.4, 0.5) is 5.69 Å². The summed E-state index contributed by atoms with van der Waals surface area (Å²) in [5.74, 6) is 0.101. The Kier molecular flexibility index (Phi) is 9.42. The van der Waals surface area contributed by atoms with Crippen LogP contribution >= 0.6 is 0 Å². The molecule has 0 spiro atoms. The van der Waals surface area contributed by atoms with E-state index < -0.39 is 15.9 Å². The largest absolute Gasteiger partial charge is 0.494 e. The van der Waals surface area contributed by atoms with Crippen molar-refractivity contribution in [2.24, 2.45) is 0 Å². The molecule has 13 heteroatoms. The number of fused-ring (bicyclic) bond motifs is 2. The number of anilines is 1. The summed E-state index contributed by atoms with van der Waals surface area (Å²) in [6.45, 7) is 8.81. The Morgan fingerprint density at radius 2 is 1.94 bits per heavy atom. The number of sulfonamides is 1. The minimum Gasteiger partial charge on any atom is -0.494 e. The first-order valence-electron chi connectivity index (χ1n) is 16.0. The van der Waals surface area contributed by atoms with Gasteiger partial charge in [0.05, 0.1) is 25.5 Å². The average molecular weight is 670 g/mol. The number of nitrogens with zero attached hydrogens (tertiary/aromatic N) is 6. The normalized spacial score (nSPS) is 16.5. The van der Waals surface area contributed by atoms with E-state index in [2.05, 4.69) is 25.6 Å². The maximum absolute atomic E-state index is 13.9. The molecule has 1 N–H and O–H groups in total. The molecule has 1 amide bonds. The molecule has 2 atom stereocenters. The van der Waals surface area contributed by atoms with Gasteiger partial charge in [-0.05, 0) is 85.3 Å². The summed E-state index contributed by atoms with van der Waals surface area (Å²) in [6, 6.07) is 14.6. The lowest BCUT2D eigenvalue weighted by Crippen LogP contribution is -2.36. The number of carbonyl (C=O) groups excluding carboxylic acids is 1. The predicted molar refractivity (Wildman–Crippen MR) is 182 cm³/mol. The van der Waals surface area contributed by atoms with Crippen molar-refractivity contribution in [1.29, 1.82) is 0 Å².